The van der Waals surface area contributed by atoms with Crippen molar-refractivity contribution in [3.05, 3.63) is 22.2 Å². The van der Waals surface area contributed by atoms with Gasteiger partial charge in [0.2, 0.25) is 0 Å². The molecule has 1 amide bonds. The highest BCUT2D eigenvalue weighted by molar-refractivity contribution is 5.82. The number of nitrogens with one attached hydrogen (secondary N) is 2. The third-order valence-electron chi connectivity index (χ3n) is 1.28. The van der Waals surface area contributed by atoms with Crippen LogP contribution in [0.1, 0.15) is 5.56 Å². The Morgan fingerprint density at radius 3 is 2.92 bits per heavy atom. The van der Waals surface area contributed by atoms with Crippen LogP contribution < -0.4 is 11.0 Å². The fraction of sp³-hybridized carbons (Fsp3) is 0.167. The Hall–Kier alpha value is -1.89. The second kappa shape index (κ2) is 3.68. The smallest absolute Gasteiger partial charge is 0.410 e. The van der Waals surface area contributed by atoms with Gasteiger partial charge in [0.25, 0.3) is 0 Å². The van der Waals surface area contributed by atoms with E-state index in [1.807, 2.05) is 5.32 Å². The number of hydrogen-bond acceptors (Lipinski definition) is 4. The van der Waals surface area contributed by atoms with Crippen LogP contribution in [0.3, 0.4) is 0 Å². The minimum Gasteiger partial charge on any atom is -0.465 e. The summed E-state index contributed by atoms with van der Waals surface area (Å²) in [6, 6.07) is 0. The van der Waals surface area contributed by atoms with Gasteiger partial charge in [0.05, 0.1) is 6.61 Å². The van der Waals surface area contributed by atoms with E-state index in [1.54, 1.807) is 0 Å². The molecular formula is C6H7N3O4. The highest BCUT2D eigenvalue weighted by Gasteiger charge is 2.06. The highest BCUT2D eigenvalue weighted by atomic mass is 16.4. The Labute approximate surface area is 72.1 Å². The summed E-state index contributed by atoms with van der Waals surface area (Å²) in [6.07, 6.45) is -0.145. The largest absolute Gasteiger partial charge is 0.465 e. The number of rotatable bonds is 2. The molecule has 1 heterocycles. The van der Waals surface area contributed by atoms with Crippen LogP contribution in [0.25, 0.3) is 0 Å². The molecule has 1 aromatic heterocycles. The molecule has 1 aromatic rings. The number of carboxylic acid groups (broad SMARTS) is 1. The first-order chi connectivity index (χ1) is 6.13. The number of carbonyl (C=O) groups is 1. The van der Waals surface area contributed by atoms with Crippen molar-refractivity contribution in [2.45, 2.75) is 6.61 Å². The molecule has 0 aliphatic rings. The van der Waals surface area contributed by atoms with Gasteiger partial charge in [-0.3, -0.25) is 5.32 Å². The van der Waals surface area contributed by atoms with E-state index < -0.39 is 18.4 Å². The summed E-state index contributed by atoms with van der Waals surface area (Å²) < 4.78 is 0. The van der Waals surface area contributed by atoms with Crippen molar-refractivity contribution in [2.24, 2.45) is 0 Å². The Morgan fingerprint density at radius 1 is 1.69 bits per heavy atom. The van der Waals surface area contributed by atoms with Crippen LogP contribution in [0, 0.1) is 0 Å². The molecule has 7 nitrogen and oxygen atoms in total. The molecule has 0 bridgehead atoms. The molecule has 1 rings (SSSR count). The Bertz CT molecular complexity index is 372. The van der Waals surface area contributed by atoms with Crippen LogP contribution in [0.2, 0.25) is 0 Å². The summed E-state index contributed by atoms with van der Waals surface area (Å²) in [5.41, 5.74) is -0.469. The number of amides is 1. The van der Waals surface area contributed by atoms with Crippen molar-refractivity contribution in [1.29, 1.82) is 0 Å². The van der Waals surface area contributed by atoms with Crippen molar-refractivity contribution in [2.75, 3.05) is 5.32 Å². The molecule has 0 spiro atoms. The molecule has 0 atom stereocenters. The van der Waals surface area contributed by atoms with Crippen LogP contribution >= 0.6 is 0 Å². The summed E-state index contributed by atoms with van der Waals surface area (Å²) in [6.45, 7) is -0.403. The first-order valence-electron chi connectivity index (χ1n) is 3.33. The van der Waals surface area contributed by atoms with Crippen LogP contribution in [0.15, 0.2) is 11.0 Å². The predicted octanol–water partition coefficient (Wildman–Crippen LogP) is -0.648. The van der Waals surface area contributed by atoms with Gasteiger partial charge in [0.1, 0.15) is 5.82 Å². The molecule has 0 fully saturated rings. The molecule has 7 heteroatoms. The highest BCUT2D eigenvalue weighted by Crippen LogP contribution is 2.07. The van der Waals surface area contributed by atoms with Crippen molar-refractivity contribution in [3.8, 4) is 0 Å². The summed E-state index contributed by atoms with van der Waals surface area (Å²) in [5, 5.41) is 19.0. The van der Waals surface area contributed by atoms with Gasteiger partial charge in [-0.05, 0) is 0 Å². The number of aliphatic hydroxyl groups excluding tert-OH is 1. The monoisotopic (exact) mass is 185 g/mol. The molecule has 0 aromatic carbocycles. The third-order valence-corrected chi connectivity index (χ3v) is 1.28. The average molecular weight is 185 g/mol. The lowest BCUT2D eigenvalue weighted by Crippen LogP contribution is -2.18. The number of H-pyrrole nitrogens is 1. The van der Waals surface area contributed by atoms with Gasteiger partial charge in [0.15, 0.2) is 0 Å². The van der Waals surface area contributed by atoms with Crippen molar-refractivity contribution in [3.63, 3.8) is 0 Å². The van der Waals surface area contributed by atoms with Gasteiger partial charge in [-0.1, -0.05) is 0 Å². The van der Waals surface area contributed by atoms with Crippen LogP contribution in [0.5, 0.6) is 0 Å². The fourth-order valence-electron chi connectivity index (χ4n) is 0.753. The number of aromatic nitrogens is 2. The number of aliphatic hydroxyl groups is 1. The molecule has 0 radical (unpaired) electrons. The van der Waals surface area contributed by atoms with Crippen LogP contribution in [-0.4, -0.2) is 26.3 Å². The summed E-state index contributed by atoms with van der Waals surface area (Å²) in [7, 11) is 0. The first-order valence-corrected chi connectivity index (χ1v) is 3.33. The molecule has 0 saturated carbocycles. The lowest BCUT2D eigenvalue weighted by atomic mass is 10.3. The molecule has 0 aliphatic heterocycles. The van der Waals surface area contributed by atoms with Gasteiger partial charge in [-0.2, -0.15) is 4.98 Å². The van der Waals surface area contributed by atoms with E-state index in [4.69, 9.17) is 10.2 Å². The zero-order chi connectivity index (χ0) is 9.84. The van der Waals surface area contributed by atoms with Crippen LogP contribution in [0.4, 0.5) is 10.6 Å². The van der Waals surface area contributed by atoms with Crippen molar-refractivity contribution in [1.82, 2.24) is 9.97 Å². The lowest BCUT2D eigenvalue weighted by molar-refractivity contribution is 0.209. The van der Waals surface area contributed by atoms with Crippen molar-refractivity contribution >= 4 is 11.9 Å². The van der Waals surface area contributed by atoms with Gasteiger partial charge in [-0.15, -0.1) is 0 Å². The first kappa shape index (κ1) is 9.20. The van der Waals surface area contributed by atoms with E-state index in [-0.39, 0.29) is 11.4 Å². The minimum absolute atomic E-state index is 0.154. The number of anilines is 1. The lowest BCUT2D eigenvalue weighted by Gasteiger charge is -2.02. The number of aromatic amines is 1. The summed E-state index contributed by atoms with van der Waals surface area (Å²) >= 11 is 0. The van der Waals surface area contributed by atoms with E-state index in [0.717, 1.165) is 0 Å². The minimum atomic E-state index is -1.34. The van der Waals surface area contributed by atoms with Gasteiger partial charge >= 0.3 is 11.8 Å². The molecule has 0 saturated heterocycles. The maximum absolute atomic E-state index is 10.7. The van der Waals surface area contributed by atoms with Crippen LogP contribution in [-0.2, 0) is 6.61 Å². The molecule has 0 unspecified atom stereocenters. The SMILES string of the molecule is O=C(O)Nc1nc(=O)[nH]cc1CO. The zero-order valence-electron chi connectivity index (χ0n) is 6.44. The second-order valence-electron chi connectivity index (χ2n) is 2.17. The van der Waals surface area contributed by atoms with Gasteiger partial charge < -0.3 is 15.2 Å². The van der Waals surface area contributed by atoms with Gasteiger partial charge in [-0.25, -0.2) is 9.59 Å². The number of hydrogen-bond donors (Lipinski definition) is 4. The van der Waals surface area contributed by atoms with E-state index in [2.05, 4.69) is 9.97 Å². The van der Waals surface area contributed by atoms with E-state index >= 15 is 0 Å². The standard InChI is InChI=1S/C6H7N3O4/c10-2-3-1-7-5(11)8-4(3)9-6(12)13/h1,10H,2H2,(H,12,13)(H2,7,8,9,11). The average Bonchev–Trinajstić information content (AvgIpc) is 2.03. The maximum atomic E-state index is 10.7. The third kappa shape index (κ3) is 2.27. The fourth-order valence-corrected chi connectivity index (χ4v) is 0.753. The molecule has 4 N–H and O–H groups in total. The quantitative estimate of drug-likeness (QED) is 0.488. The van der Waals surface area contributed by atoms with E-state index in [1.165, 1.54) is 6.20 Å². The summed E-state index contributed by atoms with van der Waals surface area (Å²) in [4.78, 5) is 26.4. The zero-order valence-corrected chi connectivity index (χ0v) is 6.44. The topological polar surface area (TPSA) is 115 Å². The Balaban J connectivity index is 3.08. The van der Waals surface area contributed by atoms with Crippen molar-refractivity contribution < 1.29 is 15.0 Å². The Morgan fingerprint density at radius 2 is 2.38 bits per heavy atom. The molecule has 70 valence electrons. The van der Waals surface area contributed by atoms with E-state index in [9.17, 15) is 9.59 Å². The predicted molar refractivity (Wildman–Crippen MR) is 42.4 cm³/mol. The maximum Gasteiger partial charge on any atom is 0.410 e. The Kier molecular flexibility index (Phi) is 2.60. The molecule has 0 aliphatic carbocycles. The second-order valence-corrected chi connectivity index (χ2v) is 2.17. The normalized spacial score (nSPS) is 9.62. The summed E-state index contributed by atoms with van der Waals surface area (Å²) in [5.74, 6) is -0.154. The van der Waals surface area contributed by atoms with Gasteiger partial charge in [0, 0.05) is 11.8 Å². The number of nitrogens with zero attached hydrogens (tertiary/aromatic N) is 1. The molecular weight excluding hydrogens is 178 g/mol. The van der Waals surface area contributed by atoms with E-state index in [0.29, 0.717) is 0 Å². The molecule has 13 heavy (non-hydrogen) atoms.